The highest BCUT2D eigenvalue weighted by Crippen LogP contribution is 2.34. The van der Waals surface area contributed by atoms with Gasteiger partial charge in [-0.2, -0.15) is 4.98 Å². The van der Waals surface area contributed by atoms with Gasteiger partial charge >= 0.3 is 0 Å². The van der Waals surface area contributed by atoms with Crippen LogP contribution in [0.25, 0.3) is 0 Å². The van der Waals surface area contributed by atoms with E-state index >= 15 is 0 Å². The van der Waals surface area contributed by atoms with Crippen LogP contribution >= 0.6 is 27.5 Å². The molecule has 4 nitrogen and oxygen atoms in total. The number of benzene rings is 1. The minimum absolute atomic E-state index is 0.111. The number of ketones is 1. The molecule has 1 aliphatic carbocycles. The number of rotatable bonds is 5. The second-order valence-electron chi connectivity index (χ2n) is 4.92. The maximum Gasteiger partial charge on any atom is 0.237 e. The van der Waals surface area contributed by atoms with Crippen molar-refractivity contribution in [1.82, 2.24) is 9.97 Å². The van der Waals surface area contributed by atoms with Crippen LogP contribution in [-0.2, 0) is 11.2 Å². The zero-order chi connectivity index (χ0) is 14.8. The molecule has 1 heterocycles. The van der Waals surface area contributed by atoms with E-state index in [2.05, 4.69) is 25.9 Å². The molecule has 6 heteroatoms. The van der Waals surface area contributed by atoms with E-state index in [9.17, 15) is 4.79 Å². The minimum atomic E-state index is 0.111. The molecule has 0 radical (unpaired) electrons. The van der Waals surface area contributed by atoms with Gasteiger partial charge in [0.15, 0.2) is 0 Å². The number of ether oxygens (including phenoxy) is 1. The predicted molar refractivity (Wildman–Crippen MR) is 82.7 cm³/mol. The standard InChI is InChI=1S/C15H12BrClN2O2/c16-11-8-18-15(17)19-14(11)21-13-4-2-1-3-10(13)7-12(20)9-5-6-9/h1-4,8-9H,5-7H2. The fourth-order valence-corrected chi connectivity index (χ4v) is 2.39. The summed E-state index contributed by atoms with van der Waals surface area (Å²) >= 11 is 9.10. The van der Waals surface area contributed by atoms with E-state index in [0.717, 1.165) is 18.4 Å². The van der Waals surface area contributed by atoms with Gasteiger partial charge in [-0.25, -0.2) is 4.98 Å². The summed E-state index contributed by atoms with van der Waals surface area (Å²) in [5, 5.41) is 0.111. The van der Waals surface area contributed by atoms with Crippen LogP contribution in [0.15, 0.2) is 34.9 Å². The molecule has 0 saturated heterocycles. The highest BCUT2D eigenvalue weighted by Gasteiger charge is 2.29. The van der Waals surface area contributed by atoms with Gasteiger partial charge in [0.25, 0.3) is 0 Å². The first kappa shape index (κ1) is 14.5. The highest BCUT2D eigenvalue weighted by molar-refractivity contribution is 9.10. The fourth-order valence-electron chi connectivity index (χ4n) is 1.99. The number of carbonyl (C=O) groups is 1. The number of nitrogens with zero attached hydrogens (tertiary/aromatic N) is 2. The molecule has 0 atom stereocenters. The summed E-state index contributed by atoms with van der Waals surface area (Å²) in [6, 6.07) is 7.46. The molecular weight excluding hydrogens is 356 g/mol. The van der Waals surface area contributed by atoms with Crippen molar-refractivity contribution in [2.45, 2.75) is 19.3 Å². The largest absolute Gasteiger partial charge is 0.437 e. The number of aromatic nitrogens is 2. The first-order chi connectivity index (χ1) is 10.1. The van der Waals surface area contributed by atoms with Crippen molar-refractivity contribution in [3.8, 4) is 11.6 Å². The summed E-state index contributed by atoms with van der Waals surface area (Å²) < 4.78 is 6.39. The predicted octanol–water partition coefficient (Wildman–Crippen LogP) is 4.21. The third-order valence-electron chi connectivity index (χ3n) is 3.26. The Bertz CT molecular complexity index is 689. The maximum absolute atomic E-state index is 12.0. The van der Waals surface area contributed by atoms with Crippen LogP contribution in [0.2, 0.25) is 5.28 Å². The number of hydrogen-bond donors (Lipinski definition) is 0. The van der Waals surface area contributed by atoms with Crippen LogP contribution < -0.4 is 4.74 Å². The Morgan fingerprint density at radius 1 is 1.38 bits per heavy atom. The lowest BCUT2D eigenvalue weighted by Gasteiger charge is -2.11. The van der Waals surface area contributed by atoms with Crippen molar-refractivity contribution in [3.05, 3.63) is 45.8 Å². The van der Waals surface area contributed by atoms with Crippen LogP contribution in [0, 0.1) is 5.92 Å². The minimum Gasteiger partial charge on any atom is -0.437 e. The smallest absolute Gasteiger partial charge is 0.237 e. The van der Waals surface area contributed by atoms with E-state index < -0.39 is 0 Å². The average molecular weight is 368 g/mol. The van der Waals surface area contributed by atoms with Crippen LogP contribution in [0.3, 0.4) is 0 Å². The zero-order valence-corrected chi connectivity index (χ0v) is 13.4. The topological polar surface area (TPSA) is 52.1 Å². The molecule has 21 heavy (non-hydrogen) atoms. The van der Waals surface area contributed by atoms with E-state index in [0.29, 0.717) is 22.5 Å². The van der Waals surface area contributed by atoms with Gasteiger partial charge in [0.1, 0.15) is 11.5 Å². The Kier molecular flexibility index (Phi) is 4.22. The molecule has 1 aromatic carbocycles. The van der Waals surface area contributed by atoms with Gasteiger partial charge in [0.2, 0.25) is 11.2 Å². The molecular formula is C15H12BrClN2O2. The van der Waals surface area contributed by atoms with Gasteiger partial charge in [0.05, 0.1) is 4.47 Å². The number of para-hydroxylation sites is 1. The van der Waals surface area contributed by atoms with Crippen molar-refractivity contribution >= 4 is 33.3 Å². The zero-order valence-electron chi connectivity index (χ0n) is 11.1. The average Bonchev–Trinajstić information content (AvgIpc) is 3.29. The summed E-state index contributed by atoms with van der Waals surface area (Å²) in [5.41, 5.74) is 0.857. The van der Waals surface area contributed by atoms with Gasteiger partial charge < -0.3 is 4.74 Å². The van der Waals surface area contributed by atoms with Gasteiger partial charge in [-0.05, 0) is 46.4 Å². The molecule has 0 unspecified atom stereocenters. The summed E-state index contributed by atoms with van der Waals surface area (Å²) in [7, 11) is 0. The molecule has 1 aromatic heterocycles. The van der Waals surface area contributed by atoms with Crippen molar-refractivity contribution in [1.29, 1.82) is 0 Å². The molecule has 0 N–H and O–H groups in total. The summed E-state index contributed by atoms with van der Waals surface area (Å²) in [5.74, 6) is 1.45. The number of carbonyl (C=O) groups excluding carboxylic acids is 1. The molecule has 0 aliphatic heterocycles. The van der Waals surface area contributed by atoms with Gasteiger partial charge in [-0.3, -0.25) is 4.79 Å². The second kappa shape index (κ2) is 6.12. The first-order valence-corrected chi connectivity index (χ1v) is 7.77. The Morgan fingerprint density at radius 2 is 2.14 bits per heavy atom. The molecule has 1 saturated carbocycles. The Morgan fingerprint density at radius 3 is 2.90 bits per heavy atom. The summed E-state index contributed by atoms with van der Waals surface area (Å²) in [6.07, 6.45) is 3.93. The molecule has 1 fully saturated rings. The van der Waals surface area contributed by atoms with Gasteiger partial charge in [-0.15, -0.1) is 0 Å². The molecule has 108 valence electrons. The lowest BCUT2D eigenvalue weighted by molar-refractivity contribution is -0.119. The van der Waals surface area contributed by atoms with Crippen LogP contribution in [0.5, 0.6) is 11.6 Å². The van der Waals surface area contributed by atoms with E-state index in [4.69, 9.17) is 16.3 Å². The van der Waals surface area contributed by atoms with E-state index in [1.165, 1.54) is 6.20 Å². The summed E-state index contributed by atoms with van der Waals surface area (Å²) in [4.78, 5) is 19.9. The van der Waals surface area contributed by atoms with Crippen molar-refractivity contribution in [2.75, 3.05) is 0 Å². The number of Topliss-reactive ketones (excluding diaryl/α,β-unsaturated/α-hetero) is 1. The van der Waals surface area contributed by atoms with E-state index in [-0.39, 0.29) is 17.0 Å². The fraction of sp³-hybridized carbons (Fsp3) is 0.267. The number of hydrogen-bond acceptors (Lipinski definition) is 4. The first-order valence-electron chi connectivity index (χ1n) is 6.60. The highest BCUT2D eigenvalue weighted by atomic mass is 79.9. The lowest BCUT2D eigenvalue weighted by Crippen LogP contribution is -2.06. The third-order valence-corrected chi connectivity index (χ3v) is 3.99. The quantitative estimate of drug-likeness (QED) is 0.743. The SMILES string of the molecule is O=C(Cc1ccccc1Oc1nc(Cl)ncc1Br)C1CC1. The maximum atomic E-state index is 12.0. The number of halogens is 2. The molecule has 3 rings (SSSR count). The molecule has 2 aromatic rings. The Hall–Kier alpha value is -1.46. The van der Waals surface area contributed by atoms with Crippen LogP contribution in [0.4, 0.5) is 0 Å². The lowest BCUT2D eigenvalue weighted by atomic mass is 10.1. The monoisotopic (exact) mass is 366 g/mol. The van der Waals surface area contributed by atoms with Crippen molar-refractivity contribution in [2.24, 2.45) is 5.92 Å². The van der Waals surface area contributed by atoms with Crippen molar-refractivity contribution in [3.63, 3.8) is 0 Å². The van der Waals surface area contributed by atoms with E-state index in [1.54, 1.807) is 0 Å². The van der Waals surface area contributed by atoms with E-state index in [1.807, 2.05) is 24.3 Å². The molecule has 1 aliphatic rings. The summed E-state index contributed by atoms with van der Waals surface area (Å²) in [6.45, 7) is 0. The van der Waals surface area contributed by atoms with Gasteiger partial charge in [-0.1, -0.05) is 18.2 Å². The van der Waals surface area contributed by atoms with Gasteiger partial charge in [0, 0.05) is 24.1 Å². The Labute approximate surface area is 135 Å². The van der Waals surface area contributed by atoms with Crippen LogP contribution in [-0.4, -0.2) is 15.8 Å². The molecule has 0 bridgehead atoms. The Balaban J connectivity index is 1.84. The normalized spacial score (nSPS) is 14.0. The van der Waals surface area contributed by atoms with Crippen molar-refractivity contribution < 1.29 is 9.53 Å². The third kappa shape index (κ3) is 3.60. The van der Waals surface area contributed by atoms with Crippen LogP contribution in [0.1, 0.15) is 18.4 Å². The second-order valence-corrected chi connectivity index (χ2v) is 6.11. The molecule has 0 amide bonds. The molecule has 0 spiro atoms.